The fourth-order valence-corrected chi connectivity index (χ4v) is 4.19. The second-order valence-corrected chi connectivity index (χ2v) is 8.82. The van der Waals surface area contributed by atoms with Crippen LogP contribution >= 0.6 is 0 Å². The van der Waals surface area contributed by atoms with Gasteiger partial charge in [-0.05, 0) is 25.0 Å². The van der Waals surface area contributed by atoms with Crippen molar-refractivity contribution in [1.82, 2.24) is 4.98 Å². The Morgan fingerprint density at radius 2 is 1.62 bits per heavy atom. The first-order valence-corrected chi connectivity index (χ1v) is 10.1. The maximum Gasteiger partial charge on any atom is 0.236 e. The second kappa shape index (κ2) is 7.29. The summed E-state index contributed by atoms with van der Waals surface area (Å²) in [4.78, 5) is 4.52. The van der Waals surface area contributed by atoms with Crippen molar-refractivity contribution in [1.29, 1.82) is 0 Å². The van der Waals surface area contributed by atoms with Crippen LogP contribution in [0.5, 0.6) is 0 Å². The van der Waals surface area contributed by atoms with E-state index in [1.165, 1.54) is 5.57 Å². The summed E-state index contributed by atoms with van der Waals surface area (Å²) in [5, 5.41) is 11.8. The highest BCUT2D eigenvalue weighted by Crippen LogP contribution is 2.50. The predicted octanol–water partition coefficient (Wildman–Crippen LogP) is 4.87. The highest BCUT2D eigenvalue weighted by atomic mass is 16.4. The van der Waals surface area contributed by atoms with Gasteiger partial charge in [0.2, 0.25) is 5.89 Å². The van der Waals surface area contributed by atoms with Gasteiger partial charge in [0.05, 0.1) is 26.8 Å². The number of hydrogen-bond acceptors (Lipinski definition) is 3. The molecule has 0 saturated heterocycles. The summed E-state index contributed by atoms with van der Waals surface area (Å²) >= 11 is 0. The van der Waals surface area contributed by atoms with Crippen molar-refractivity contribution in [2.45, 2.75) is 32.4 Å². The van der Waals surface area contributed by atoms with E-state index in [-0.39, 0.29) is 0 Å². The predicted molar refractivity (Wildman–Crippen MR) is 115 cm³/mol. The lowest BCUT2D eigenvalue weighted by atomic mass is 9.91. The second-order valence-electron chi connectivity index (χ2n) is 8.82. The minimum atomic E-state index is -1.36. The van der Waals surface area contributed by atoms with Crippen LogP contribution in [0.4, 0.5) is 0 Å². The molecular weight excluding hydrogens is 360 g/mol. The number of aliphatic hydroxyl groups is 1. The van der Waals surface area contributed by atoms with E-state index in [1.807, 2.05) is 48.5 Å². The van der Waals surface area contributed by atoms with Crippen LogP contribution in [0.2, 0.25) is 0 Å². The summed E-state index contributed by atoms with van der Waals surface area (Å²) in [6.45, 7) is 5.99. The van der Waals surface area contributed by atoms with E-state index < -0.39 is 5.60 Å². The Bertz CT molecular complexity index is 1010. The highest BCUT2D eigenvalue weighted by Gasteiger charge is 2.46. The quantitative estimate of drug-likeness (QED) is 0.483. The van der Waals surface area contributed by atoms with Crippen LogP contribution in [0.25, 0.3) is 11.1 Å². The van der Waals surface area contributed by atoms with Crippen molar-refractivity contribution in [3.63, 3.8) is 0 Å². The normalized spacial score (nSPS) is 14.4. The van der Waals surface area contributed by atoms with Crippen LogP contribution < -0.4 is 0 Å². The minimum Gasteiger partial charge on any atom is -0.436 e. The lowest BCUT2D eigenvalue weighted by Crippen LogP contribution is -2.39. The Kier molecular flexibility index (Phi) is 4.93. The summed E-state index contributed by atoms with van der Waals surface area (Å²) in [7, 11) is 4.38. The Morgan fingerprint density at radius 3 is 2.21 bits per heavy atom. The molecule has 3 aromatic rings. The maximum absolute atomic E-state index is 11.8. The molecule has 1 aromatic heterocycles. The number of oxazole rings is 1. The molecule has 150 valence electrons. The van der Waals surface area contributed by atoms with Gasteiger partial charge in [-0.3, -0.25) is 0 Å². The summed E-state index contributed by atoms with van der Waals surface area (Å²) in [6.07, 6.45) is 5.06. The Hall–Kier alpha value is -2.69. The zero-order chi connectivity index (χ0) is 20.6. The number of rotatable bonds is 6. The summed E-state index contributed by atoms with van der Waals surface area (Å²) in [5.74, 6) is 1.13. The number of hydrogen-bond donors (Lipinski definition) is 1. The first-order chi connectivity index (χ1) is 13.8. The van der Waals surface area contributed by atoms with Gasteiger partial charge < -0.3 is 14.0 Å². The SMILES string of the molecule is CC(C)=CCC[N+](C)(C)Cc1cnc(C2(O)c3ccccc3-c3ccccc32)o1. The third-order valence-electron chi connectivity index (χ3n) is 5.66. The molecule has 0 saturated carbocycles. The number of nitrogens with zero attached hydrogens (tertiary/aromatic N) is 2. The molecule has 1 aliphatic carbocycles. The molecule has 0 spiro atoms. The van der Waals surface area contributed by atoms with Gasteiger partial charge in [-0.1, -0.05) is 60.2 Å². The van der Waals surface area contributed by atoms with E-state index >= 15 is 0 Å². The molecule has 0 unspecified atom stereocenters. The fraction of sp³-hybridized carbons (Fsp3) is 0.320. The lowest BCUT2D eigenvalue weighted by Gasteiger charge is -2.28. The molecule has 1 heterocycles. The smallest absolute Gasteiger partial charge is 0.236 e. The average molecular weight is 390 g/mol. The minimum absolute atomic E-state index is 0.342. The zero-order valence-corrected chi connectivity index (χ0v) is 17.6. The molecule has 1 N–H and O–H groups in total. The third-order valence-corrected chi connectivity index (χ3v) is 5.66. The fourth-order valence-electron chi connectivity index (χ4n) is 4.19. The molecule has 0 aliphatic heterocycles. The van der Waals surface area contributed by atoms with Crippen LogP contribution in [0.15, 0.2) is 70.8 Å². The molecule has 0 atom stereocenters. The lowest BCUT2D eigenvalue weighted by molar-refractivity contribution is -0.904. The monoisotopic (exact) mass is 389 g/mol. The molecule has 0 bridgehead atoms. The Labute approximate surface area is 172 Å². The standard InChI is InChI=1S/C25H29N2O2/c1-18(2)10-9-15-27(3,4)17-19-16-26-24(29-19)25(28)22-13-7-5-11-20(22)21-12-6-8-14-23(21)25/h5-8,10-14,16,28H,9,15,17H2,1-4H3/q+1. The van der Waals surface area contributed by atoms with Crippen molar-refractivity contribution in [2.24, 2.45) is 0 Å². The van der Waals surface area contributed by atoms with Gasteiger partial charge in [0, 0.05) is 17.5 Å². The van der Waals surface area contributed by atoms with Gasteiger partial charge >= 0.3 is 0 Å². The summed E-state index contributed by atoms with van der Waals surface area (Å²) in [5.41, 5.74) is 3.70. The molecular formula is C25H29N2O2+. The van der Waals surface area contributed by atoms with Crippen molar-refractivity contribution in [3.05, 3.63) is 89.2 Å². The van der Waals surface area contributed by atoms with Crippen molar-refractivity contribution >= 4 is 0 Å². The Morgan fingerprint density at radius 1 is 1.03 bits per heavy atom. The molecule has 4 rings (SSSR count). The van der Waals surface area contributed by atoms with Crippen LogP contribution in [0.1, 0.15) is 43.0 Å². The molecule has 1 aliphatic rings. The number of benzene rings is 2. The number of fused-ring (bicyclic) bond motifs is 3. The summed E-state index contributed by atoms with van der Waals surface area (Å²) < 4.78 is 6.95. The number of quaternary nitrogens is 1. The maximum atomic E-state index is 11.8. The van der Waals surface area contributed by atoms with E-state index in [9.17, 15) is 5.11 Å². The first kappa shape index (κ1) is 19.6. The van der Waals surface area contributed by atoms with E-state index in [0.29, 0.717) is 5.89 Å². The highest BCUT2D eigenvalue weighted by molar-refractivity contribution is 5.81. The average Bonchev–Trinajstić information content (AvgIpc) is 3.24. The molecule has 2 aromatic carbocycles. The molecule has 0 radical (unpaired) electrons. The number of aromatic nitrogens is 1. The van der Waals surface area contributed by atoms with Gasteiger partial charge in [0.1, 0.15) is 6.54 Å². The van der Waals surface area contributed by atoms with Crippen molar-refractivity contribution < 1.29 is 14.0 Å². The molecule has 4 nitrogen and oxygen atoms in total. The largest absolute Gasteiger partial charge is 0.436 e. The van der Waals surface area contributed by atoms with E-state index in [2.05, 4.69) is 39.0 Å². The van der Waals surface area contributed by atoms with Crippen LogP contribution in [0.3, 0.4) is 0 Å². The van der Waals surface area contributed by atoms with Crippen molar-refractivity contribution in [3.8, 4) is 11.1 Å². The van der Waals surface area contributed by atoms with Gasteiger partial charge in [0.25, 0.3) is 0 Å². The molecule has 4 heteroatoms. The third kappa shape index (κ3) is 3.54. The van der Waals surface area contributed by atoms with Crippen LogP contribution in [-0.2, 0) is 12.1 Å². The molecule has 0 fully saturated rings. The number of allylic oxidation sites excluding steroid dienone is 1. The van der Waals surface area contributed by atoms with E-state index in [0.717, 1.165) is 52.0 Å². The van der Waals surface area contributed by atoms with Crippen molar-refractivity contribution in [2.75, 3.05) is 20.6 Å². The van der Waals surface area contributed by atoms with E-state index in [1.54, 1.807) is 6.20 Å². The van der Waals surface area contributed by atoms with Gasteiger partial charge in [0.15, 0.2) is 11.4 Å². The molecule has 0 amide bonds. The van der Waals surface area contributed by atoms with Crippen LogP contribution in [0, 0.1) is 0 Å². The topological polar surface area (TPSA) is 46.3 Å². The van der Waals surface area contributed by atoms with Gasteiger partial charge in [-0.25, -0.2) is 4.98 Å². The first-order valence-electron chi connectivity index (χ1n) is 10.1. The van der Waals surface area contributed by atoms with Crippen LogP contribution in [-0.4, -0.2) is 35.2 Å². The summed E-state index contributed by atoms with van der Waals surface area (Å²) in [6, 6.07) is 15.9. The van der Waals surface area contributed by atoms with Gasteiger partial charge in [-0.2, -0.15) is 0 Å². The zero-order valence-electron chi connectivity index (χ0n) is 17.6. The van der Waals surface area contributed by atoms with Gasteiger partial charge in [-0.15, -0.1) is 0 Å². The van der Waals surface area contributed by atoms with E-state index in [4.69, 9.17) is 4.42 Å². The Balaban J connectivity index is 1.65. The molecule has 29 heavy (non-hydrogen) atoms.